The Bertz CT molecular complexity index is 826. The number of hydrogen-bond donors (Lipinski definition) is 2. The van der Waals surface area contributed by atoms with E-state index < -0.39 is 0 Å². The van der Waals surface area contributed by atoms with E-state index in [2.05, 4.69) is 20.5 Å². The van der Waals surface area contributed by atoms with Gasteiger partial charge in [0.1, 0.15) is 11.6 Å². The Kier molecular flexibility index (Phi) is 9.93. The van der Waals surface area contributed by atoms with E-state index in [4.69, 9.17) is 4.74 Å². The van der Waals surface area contributed by atoms with Crippen molar-refractivity contribution < 1.29 is 13.5 Å². The van der Waals surface area contributed by atoms with Crippen molar-refractivity contribution in [1.82, 2.24) is 15.5 Å². The standard InChI is InChI=1S/C22H28F2N4O.HI/c1-16-13-17(3-8-20(16)24)14-26-22(25-2)27-15-21(28-9-11-29-12-10-28)18-4-6-19(23)7-5-18;/h3-8,13,21H,9-12,14-15H2,1-2H3,(H2,25,26,27);1H. The average Bonchev–Trinajstić information content (AvgIpc) is 2.75. The van der Waals surface area contributed by atoms with Crippen LogP contribution in [0.2, 0.25) is 0 Å². The summed E-state index contributed by atoms with van der Waals surface area (Å²) in [5.74, 6) is 0.214. The molecule has 1 fully saturated rings. The van der Waals surface area contributed by atoms with Crippen LogP contribution in [0.25, 0.3) is 0 Å². The van der Waals surface area contributed by atoms with Crippen molar-refractivity contribution in [1.29, 1.82) is 0 Å². The van der Waals surface area contributed by atoms with E-state index >= 15 is 0 Å². The van der Waals surface area contributed by atoms with Crippen LogP contribution in [0.5, 0.6) is 0 Å². The fraction of sp³-hybridized carbons (Fsp3) is 0.409. The summed E-state index contributed by atoms with van der Waals surface area (Å²) in [5.41, 5.74) is 2.65. The average molecular weight is 530 g/mol. The molecule has 1 saturated heterocycles. The first kappa shape index (κ1) is 24.5. The van der Waals surface area contributed by atoms with E-state index in [1.807, 2.05) is 18.2 Å². The van der Waals surface area contributed by atoms with Gasteiger partial charge in [-0.2, -0.15) is 0 Å². The largest absolute Gasteiger partial charge is 0.379 e. The number of guanidine groups is 1. The van der Waals surface area contributed by atoms with E-state index in [-0.39, 0.29) is 41.7 Å². The molecule has 1 aliphatic rings. The predicted molar refractivity (Wildman–Crippen MR) is 126 cm³/mol. The van der Waals surface area contributed by atoms with Gasteiger partial charge in [0.05, 0.1) is 19.3 Å². The van der Waals surface area contributed by atoms with Gasteiger partial charge >= 0.3 is 0 Å². The van der Waals surface area contributed by atoms with Crippen LogP contribution < -0.4 is 10.6 Å². The number of hydrogen-bond acceptors (Lipinski definition) is 3. The van der Waals surface area contributed by atoms with Crippen LogP contribution in [0.4, 0.5) is 8.78 Å². The Morgan fingerprint density at radius 2 is 1.80 bits per heavy atom. The zero-order valence-electron chi connectivity index (χ0n) is 17.3. The summed E-state index contributed by atoms with van der Waals surface area (Å²) in [6.45, 7) is 5.94. The van der Waals surface area contributed by atoms with E-state index in [1.165, 1.54) is 18.2 Å². The molecular weight excluding hydrogens is 501 g/mol. The molecule has 3 rings (SSSR count). The fourth-order valence-corrected chi connectivity index (χ4v) is 3.45. The number of ether oxygens (including phenoxy) is 1. The van der Waals surface area contributed by atoms with Crippen molar-refractivity contribution in [3.63, 3.8) is 0 Å². The number of aliphatic imine (C=N–C) groups is 1. The summed E-state index contributed by atoms with van der Waals surface area (Å²) in [6.07, 6.45) is 0. The minimum atomic E-state index is -0.241. The van der Waals surface area contributed by atoms with Crippen LogP contribution >= 0.6 is 24.0 Å². The molecule has 5 nitrogen and oxygen atoms in total. The van der Waals surface area contributed by atoms with Gasteiger partial charge in [-0.3, -0.25) is 9.89 Å². The molecule has 0 aliphatic carbocycles. The molecule has 8 heteroatoms. The number of aryl methyl sites for hydroxylation is 1. The monoisotopic (exact) mass is 530 g/mol. The summed E-state index contributed by atoms with van der Waals surface area (Å²) in [6, 6.07) is 11.8. The minimum Gasteiger partial charge on any atom is -0.379 e. The highest BCUT2D eigenvalue weighted by atomic mass is 127. The van der Waals surface area contributed by atoms with Crippen molar-refractivity contribution in [2.45, 2.75) is 19.5 Å². The zero-order chi connectivity index (χ0) is 20.6. The quantitative estimate of drug-likeness (QED) is 0.341. The maximum Gasteiger partial charge on any atom is 0.191 e. The Morgan fingerprint density at radius 3 is 2.43 bits per heavy atom. The summed E-state index contributed by atoms with van der Waals surface area (Å²) < 4.78 is 32.3. The smallest absolute Gasteiger partial charge is 0.191 e. The summed E-state index contributed by atoms with van der Waals surface area (Å²) >= 11 is 0. The highest BCUT2D eigenvalue weighted by Crippen LogP contribution is 2.21. The zero-order valence-corrected chi connectivity index (χ0v) is 19.7. The molecule has 30 heavy (non-hydrogen) atoms. The third-order valence-electron chi connectivity index (χ3n) is 5.11. The van der Waals surface area contributed by atoms with Gasteiger partial charge in [0.15, 0.2) is 5.96 Å². The lowest BCUT2D eigenvalue weighted by atomic mass is 10.0. The maximum atomic E-state index is 13.4. The highest BCUT2D eigenvalue weighted by molar-refractivity contribution is 14.0. The molecule has 0 amide bonds. The topological polar surface area (TPSA) is 48.9 Å². The molecule has 0 saturated carbocycles. The second-order valence-electron chi connectivity index (χ2n) is 7.11. The minimum absolute atomic E-state index is 0. The van der Waals surface area contributed by atoms with Crippen molar-refractivity contribution >= 4 is 29.9 Å². The van der Waals surface area contributed by atoms with Crippen molar-refractivity contribution in [3.8, 4) is 0 Å². The first-order chi connectivity index (χ1) is 14.1. The first-order valence-electron chi connectivity index (χ1n) is 9.83. The van der Waals surface area contributed by atoms with Crippen LogP contribution in [0.3, 0.4) is 0 Å². The van der Waals surface area contributed by atoms with E-state index in [9.17, 15) is 8.78 Å². The lowest BCUT2D eigenvalue weighted by Crippen LogP contribution is -2.46. The second-order valence-corrected chi connectivity index (χ2v) is 7.11. The van der Waals surface area contributed by atoms with E-state index in [0.29, 0.717) is 37.8 Å². The number of nitrogens with one attached hydrogen (secondary N) is 2. The lowest BCUT2D eigenvalue weighted by Gasteiger charge is -2.35. The number of rotatable bonds is 6. The van der Waals surface area contributed by atoms with Gasteiger partial charge in [0, 0.05) is 33.2 Å². The predicted octanol–water partition coefficient (Wildman–Crippen LogP) is 3.63. The van der Waals surface area contributed by atoms with Gasteiger partial charge in [0.2, 0.25) is 0 Å². The van der Waals surface area contributed by atoms with Crippen LogP contribution in [-0.4, -0.2) is 50.8 Å². The van der Waals surface area contributed by atoms with Gasteiger partial charge < -0.3 is 15.4 Å². The second kappa shape index (κ2) is 12.2. The van der Waals surface area contributed by atoms with Crippen LogP contribution in [0, 0.1) is 18.6 Å². The molecule has 164 valence electrons. The van der Waals surface area contributed by atoms with Crippen LogP contribution in [0.15, 0.2) is 47.5 Å². The Balaban J connectivity index is 0.00000320. The third kappa shape index (κ3) is 6.88. The molecule has 0 aromatic heterocycles. The molecule has 2 N–H and O–H groups in total. The van der Waals surface area contributed by atoms with Gasteiger partial charge in [-0.05, 0) is 41.8 Å². The summed E-state index contributed by atoms with van der Waals surface area (Å²) in [5, 5.41) is 6.63. The van der Waals surface area contributed by atoms with Crippen LogP contribution in [0.1, 0.15) is 22.7 Å². The molecular formula is C22H29F2IN4O. The Hall–Kier alpha value is -1.78. The number of nitrogens with zero attached hydrogens (tertiary/aromatic N) is 2. The number of morpholine rings is 1. The molecule has 0 radical (unpaired) electrons. The molecule has 1 unspecified atom stereocenters. The van der Waals surface area contributed by atoms with E-state index in [0.717, 1.165) is 24.2 Å². The van der Waals surface area contributed by atoms with Gasteiger partial charge in [-0.1, -0.05) is 24.3 Å². The highest BCUT2D eigenvalue weighted by Gasteiger charge is 2.23. The Labute approximate surface area is 193 Å². The molecule has 0 spiro atoms. The van der Waals surface area contributed by atoms with E-state index in [1.54, 1.807) is 20.0 Å². The van der Waals surface area contributed by atoms with Crippen molar-refractivity contribution in [3.05, 3.63) is 70.8 Å². The first-order valence-corrected chi connectivity index (χ1v) is 9.83. The van der Waals surface area contributed by atoms with Gasteiger partial charge in [-0.15, -0.1) is 24.0 Å². The number of benzene rings is 2. The molecule has 1 aliphatic heterocycles. The molecule has 2 aromatic rings. The summed E-state index contributed by atoms with van der Waals surface area (Å²) in [4.78, 5) is 6.62. The molecule has 2 aromatic carbocycles. The fourth-order valence-electron chi connectivity index (χ4n) is 3.45. The molecule has 1 heterocycles. The van der Waals surface area contributed by atoms with Crippen molar-refractivity contribution in [2.24, 2.45) is 4.99 Å². The lowest BCUT2D eigenvalue weighted by molar-refractivity contribution is 0.0170. The number of halogens is 3. The van der Waals surface area contributed by atoms with Gasteiger partial charge in [-0.25, -0.2) is 8.78 Å². The van der Waals surface area contributed by atoms with Crippen LogP contribution in [-0.2, 0) is 11.3 Å². The summed E-state index contributed by atoms with van der Waals surface area (Å²) in [7, 11) is 1.72. The third-order valence-corrected chi connectivity index (χ3v) is 5.11. The van der Waals surface area contributed by atoms with Gasteiger partial charge in [0.25, 0.3) is 0 Å². The SMILES string of the molecule is CN=C(NCc1ccc(F)c(C)c1)NCC(c1ccc(F)cc1)N1CCOCC1.I. The normalized spacial score (nSPS) is 15.9. The molecule has 0 bridgehead atoms. The maximum absolute atomic E-state index is 13.4. The van der Waals surface area contributed by atoms with Crippen molar-refractivity contribution in [2.75, 3.05) is 39.9 Å². The molecule has 1 atom stereocenters. The Morgan fingerprint density at radius 1 is 1.10 bits per heavy atom.